The summed E-state index contributed by atoms with van der Waals surface area (Å²) >= 11 is 12.3. The molecule has 1 atom stereocenters. The zero-order chi connectivity index (χ0) is 29.8. The highest BCUT2D eigenvalue weighted by atomic mass is 35.5. The van der Waals surface area contributed by atoms with Crippen LogP contribution in [0.3, 0.4) is 0 Å². The van der Waals surface area contributed by atoms with Gasteiger partial charge in [-0.05, 0) is 43.2 Å². The number of hydrazine groups is 1. The highest BCUT2D eigenvalue weighted by molar-refractivity contribution is 6.42. The number of nitrogens with two attached hydrogens (primary N) is 1. The van der Waals surface area contributed by atoms with E-state index in [4.69, 9.17) is 28.9 Å². The summed E-state index contributed by atoms with van der Waals surface area (Å²) in [6, 6.07) is 6.71. The molecule has 10 nitrogen and oxygen atoms in total. The molecule has 0 bridgehead atoms. The van der Waals surface area contributed by atoms with E-state index in [1.54, 1.807) is 33.0 Å². The topological polar surface area (TPSA) is 123 Å². The van der Waals surface area contributed by atoms with Gasteiger partial charge in [0.05, 0.1) is 16.1 Å². The fourth-order valence-corrected chi connectivity index (χ4v) is 3.84. The van der Waals surface area contributed by atoms with Crippen LogP contribution in [0.1, 0.15) is 26.3 Å². The maximum Gasteiger partial charge on any atom is 0.573 e. The van der Waals surface area contributed by atoms with E-state index in [0.717, 1.165) is 23.2 Å². The lowest BCUT2D eigenvalue weighted by Crippen LogP contribution is -2.56. The van der Waals surface area contributed by atoms with Crippen LogP contribution in [0.2, 0.25) is 10.0 Å². The number of hydrogen-bond acceptors (Lipinski definition) is 7. The number of hydrazone groups is 1. The maximum atomic E-state index is 14.8. The molecule has 1 aliphatic rings. The zero-order valence-corrected chi connectivity index (χ0v) is 22.9. The molecule has 0 spiro atoms. The molecule has 0 aliphatic carbocycles. The second-order valence-electron chi connectivity index (χ2n) is 8.63. The molecule has 0 aromatic heterocycles. The number of nitriles is 1. The Morgan fingerprint density at radius 2 is 2.00 bits per heavy atom. The first-order chi connectivity index (χ1) is 18.8. The lowest BCUT2D eigenvalue weighted by atomic mass is 10.0. The average Bonchev–Trinajstić information content (AvgIpc) is 3.31. The van der Waals surface area contributed by atoms with Crippen LogP contribution in [0.15, 0.2) is 46.5 Å². The number of guanidine groups is 1. The van der Waals surface area contributed by atoms with Crippen molar-refractivity contribution in [2.45, 2.75) is 33.2 Å². The van der Waals surface area contributed by atoms with Gasteiger partial charge in [-0.3, -0.25) is 10.1 Å². The van der Waals surface area contributed by atoms with E-state index < -0.39 is 35.6 Å². The summed E-state index contributed by atoms with van der Waals surface area (Å²) in [5.74, 6) is -3.35. The van der Waals surface area contributed by atoms with Crippen LogP contribution in [-0.4, -0.2) is 58.3 Å². The van der Waals surface area contributed by atoms with Gasteiger partial charge in [0.25, 0.3) is 5.91 Å². The van der Waals surface area contributed by atoms with Crippen LogP contribution in [-0.2, 0) is 4.79 Å². The molecule has 1 amide bonds. The molecule has 3 rings (SSSR count). The Hall–Kier alpha value is -3.80. The normalized spacial score (nSPS) is 14.7. The number of carbonyl (C=O) groups is 1. The third kappa shape index (κ3) is 7.04. The molecule has 16 heteroatoms. The third-order valence-corrected chi connectivity index (χ3v) is 6.30. The zero-order valence-electron chi connectivity index (χ0n) is 21.4. The third-order valence-electron chi connectivity index (χ3n) is 5.56. The molecule has 2 aromatic rings. The molecular formula is C24H24Cl2F4N8O2. The van der Waals surface area contributed by atoms with Crippen molar-refractivity contribution in [2.24, 2.45) is 21.7 Å². The van der Waals surface area contributed by atoms with E-state index in [1.165, 1.54) is 22.2 Å². The Kier molecular flexibility index (Phi) is 9.67. The molecule has 0 fully saturated rings. The number of nitrogens with zero attached hydrogens (tertiary/aromatic N) is 6. The van der Waals surface area contributed by atoms with E-state index in [-0.39, 0.29) is 41.0 Å². The average molecular weight is 603 g/mol. The number of benzene rings is 2. The number of amides is 1. The minimum atomic E-state index is -5.14. The molecule has 0 unspecified atom stereocenters. The Balaban J connectivity index is 2.11. The van der Waals surface area contributed by atoms with E-state index in [9.17, 15) is 27.6 Å². The van der Waals surface area contributed by atoms with Gasteiger partial charge in [0.15, 0.2) is 23.6 Å². The van der Waals surface area contributed by atoms with Crippen molar-refractivity contribution in [2.75, 3.05) is 13.2 Å². The van der Waals surface area contributed by atoms with Crippen LogP contribution in [0.5, 0.6) is 5.75 Å². The van der Waals surface area contributed by atoms with Crippen molar-refractivity contribution in [1.29, 1.82) is 5.26 Å². The molecule has 0 radical (unpaired) electrons. The Labute approximate surface area is 237 Å². The SMILES string of the molecule is CCN(C(=O)[C@H](N)C(C)C)N1CN(C(=Nc2cccc(OC(F)(F)F)c2F)NC#N)N=C1c1ccc(Cl)c(Cl)c1. The number of carbonyl (C=O) groups excluding carboxylic acids is 1. The fraction of sp³-hybridized carbons (Fsp3) is 0.333. The van der Waals surface area contributed by atoms with Gasteiger partial charge < -0.3 is 10.5 Å². The van der Waals surface area contributed by atoms with Crippen LogP contribution in [0, 0.1) is 23.2 Å². The van der Waals surface area contributed by atoms with Gasteiger partial charge in [-0.1, -0.05) is 43.1 Å². The minimum Gasteiger partial charge on any atom is -0.403 e. The Bertz CT molecular complexity index is 1360. The van der Waals surface area contributed by atoms with Crippen molar-refractivity contribution in [1.82, 2.24) is 20.3 Å². The first-order valence-corrected chi connectivity index (χ1v) is 12.5. The summed E-state index contributed by atoms with van der Waals surface area (Å²) in [4.78, 5) is 17.3. The summed E-state index contributed by atoms with van der Waals surface area (Å²) in [5.41, 5.74) is 5.97. The van der Waals surface area contributed by atoms with Crippen molar-refractivity contribution < 1.29 is 27.1 Å². The van der Waals surface area contributed by atoms with Gasteiger partial charge in [-0.25, -0.2) is 24.4 Å². The molecule has 40 heavy (non-hydrogen) atoms. The van der Waals surface area contributed by atoms with Crippen molar-refractivity contribution in [3.8, 4) is 11.9 Å². The van der Waals surface area contributed by atoms with Crippen LogP contribution in [0.4, 0.5) is 23.2 Å². The summed E-state index contributed by atoms with van der Waals surface area (Å²) in [6.45, 7) is 5.22. The summed E-state index contributed by atoms with van der Waals surface area (Å²) in [7, 11) is 0. The number of rotatable bonds is 7. The number of hydrogen-bond donors (Lipinski definition) is 2. The van der Waals surface area contributed by atoms with Crippen molar-refractivity contribution in [3.63, 3.8) is 0 Å². The maximum absolute atomic E-state index is 14.8. The number of halogens is 6. The predicted molar refractivity (Wildman–Crippen MR) is 141 cm³/mol. The number of amidine groups is 1. The number of nitrogens with one attached hydrogen (secondary N) is 1. The van der Waals surface area contributed by atoms with Gasteiger partial charge in [0.1, 0.15) is 12.4 Å². The smallest absolute Gasteiger partial charge is 0.403 e. The molecule has 1 aliphatic heterocycles. The van der Waals surface area contributed by atoms with Crippen LogP contribution < -0.4 is 15.8 Å². The number of alkyl halides is 3. The van der Waals surface area contributed by atoms with Crippen molar-refractivity contribution >= 4 is 46.6 Å². The highest BCUT2D eigenvalue weighted by Crippen LogP contribution is 2.32. The Morgan fingerprint density at radius 3 is 2.58 bits per heavy atom. The molecule has 3 N–H and O–H groups in total. The second-order valence-corrected chi connectivity index (χ2v) is 9.44. The Morgan fingerprint density at radius 1 is 1.30 bits per heavy atom. The summed E-state index contributed by atoms with van der Waals surface area (Å²) in [6.07, 6.45) is -3.50. The van der Waals surface area contributed by atoms with E-state index in [1.807, 2.05) is 0 Å². The van der Waals surface area contributed by atoms with Crippen LogP contribution in [0.25, 0.3) is 0 Å². The molecule has 0 saturated heterocycles. The fourth-order valence-electron chi connectivity index (χ4n) is 3.54. The van der Waals surface area contributed by atoms with Crippen LogP contribution >= 0.6 is 23.2 Å². The van der Waals surface area contributed by atoms with Gasteiger partial charge in [-0.15, -0.1) is 18.3 Å². The van der Waals surface area contributed by atoms with E-state index in [0.29, 0.717) is 5.56 Å². The van der Waals surface area contributed by atoms with Crippen molar-refractivity contribution in [3.05, 3.63) is 57.8 Å². The number of ether oxygens (including phenoxy) is 1. The largest absolute Gasteiger partial charge is 0.573 e. The summed E-state index contributed by atoms with van der Waals surface area (Å²) < 4.78 is 56.6. The molecular weight excluding hydrogens is 579 g/mol. The highest BCUT2D eigenvalue weighted by Gasteiger charge is 2.36. The standard InChI is InChI=1S/C24H24Cl2F4N8O2/c1-4-37(22(39)20(32)13(2)3)38-12-36(35-21(38)14-8-9-15(25)16(26)10-14)23(33-11-31)34-17-6-5-7-18(19(17)27)40-24(28,29)30/h5-10,13,20H,4,12,32H2,1-3H3,(H,33,34)/t20-/m1/s1. The number of likely N-dealkylation sites (N-methyl/N-ethyl adjacent to an activating group) is 1. The van der Waals surface area contributed by atoms with E-state index in [2.05, 4.69) is 20.1 Å². The molecule has 214 valence electrons. The van der Waals surface area contributed by atoms with Gasteiger partial charge in [0, 0.05) is 12.1 Å². The molecule has 0 saturated carbocycles. The first-order valence-electron chi connectivity index (χ1n) is 11.7. The van der Waals surface area contributed by atoms with Gasteiger partial charge in [-0.2, -0.15) is 5.26 Å². The quantitative estimate of drug-likeness (QED) is 0.154. The van der Waals surface area contributed by atoms with E-state index >= 15 is 0 Å². The number of aliphatic imine (C=N–C) groups is 1. The predicted octanol–water partition coefficient (Wildman–Crippen LogP) is 4.77. The first kappa shape index (κ1) is 30.7. The molecule has 1 heterocycles. The summed E-state index contributed by atoms with van der Waals surface area (Å²) in [5, 5.41) is 20.4. The van der Waals surface area contributed by atoms with Gasteiger partial charge in [0.2, 0.25) is 5.96 Å². The van der Waals surface area contributed by atoms with Gasteiger partial charge >= 0.3 is 6.36 Å². The minimum absolute atomic E-state index is 0.164. The monoisotopic (exact) mass is 602 g/mol. The molecule has 2 aromatic carbocycles. The lowest BCUT2D eigenvalue weighted by molar-refractivity contribution is -0.275. The second kappa shape index (κ2) is 12.6. The lowest BCUT2D eigenvalue weighted by Gasteiger charge is -2.35.